The lowest BCUT2D eigenvalue weighted by Gasteiger charge is -2.14. The summed E-state index contributed by atoms with van der Waals surface area (Å²) in [4.78, 5) is 1.10. The molecule has 0 atom stereocenters. The lowest BCUT2D eigenvalue weighted by Crippen LogP contribution is -2.07. The third kappa shape index (κ3) is 1.57. The number of thiophene rings is 1. The molecule has 1 heterocycles. The topological polar surface area (TPSA) is 0 Å². The highest BCUT2D eigenvalue weighted by Gasteiger charge is 2.15. The van der Waals surface area contributed by atoms with Crippen molar-refractivity contribution in [3.05, 3.63) is 22.1 Å². The highest BCUT2D eigenvalue weighted by molar-refractivity contribution is 7.10. The van der Waals surface area contributed by atoms with Crippen LogP contribution in [0.2, 0.25) is 0 Å². The third-order valence-electron chi connectivity index (χ3n) is 1.31. The number of rotatable bonds is 0. The summed E-state index contributed by atoms with van der Waals surface area (Å²) in [7, 11) is 0. The summed E-state index contributed by atoms with van der Waals surface area (Å²) in [6.07, 6.45) is 0. The second-order valence-electron chi connectivity index (χ2n) is 3.35. The van der Waals surface area contributed by atoms with E-state index in [9.17, 15) is 4.39 Å². The second kappa shape index (κ2) is 2.35. The normalized spacial score (nSPS) is 12.0. The first-order valence-electron chi connectivity index (χ1n) is 3.26. The lowest BCUT2D eigenvalue weighted by atomic mass is 9.95. The van der Waals surface area contributed by atoms with E-state index in [1.807, 2.05) is 6.07 Å². The Morgan fingerprint density at radius 1 is 1.30 bits per heavy atom. The van der Waals surface area contributed by atoms with Crippen LogP contribution < -0.4 is 0 Å². The molecule has 0 saturated heterocycles. The second-order valence-corrected chi connectivity index (χ2v) is 4.39. The van der Waals surface area contributed by atoms with E-state index in [1.165, 1.54) is 17.4 Å². The van der Waals surface area contributed by atoms with E-state index in [0.717, 1.165) is 4.88 Å². The first kappa shape index (κ1) is 7.73. The minimum Gasteiger partial charge on any atom is -0.195 e. The van der Waals surface area contributed by atoms with Gasteiger partial charge >= 0.3 is 0 Å². The Labute approximate surface area is 64.7 Å². The van der Waals surface area contributed by atoms with Crippen LogP contribution in [0, 0.1) is 5.13 Å². The predicted molar refractivity (Wildman–Crippen MR) is 43.0 cm³/mol. The minimum atomic E-state index is -0.0927. The summed E-state index contributed by atoms with van der Waals surface area (Å²) in [5.41, 5.74) is 0.0923. The standard InChI is InChI=1S/C8H11FS/c1-8(2,3)6-4-5-7(9)10-6/h4-5H,1-3H3/i9-1. The summed E-state index contributed by atoms with van der Waals surface area (Å²) in [6.45, 7) is 6.24. The molecule has 56 valence electrons. The Morgan fingerprint density at radius 3 is 2.10 bits per heavy atom. The predicted octanol–water partition coefficient (Wildman–Crippen LogP) is 3.18. The largest absolute Gasteiger partial charge is 0.195 e. The molecule has 1 aromatic rings. The first-order valence-corrected chi connectivity index (χ1v) is 4.07. The van der Waals surface area contributed by atoms with E-state index in [-0.39, 0.29) is 10.5 Å². The fraction of sp³-hybridized carbons (Fsp3) is 0.500. The van der Waals surface area contributed by atoms with E-state index in [1.54, 1.807) is 0 Å². The summed E-state index contributed by atoms with van der Waals surface area (Å²) < 4.78 is 12.5. The maximum Gasteiger partial charge on any atom is 0.176 e. The Hall–Kier alpha value is -0.370. The fourth-order valence-corrected chi connectivity index (χ4v) is 1.51. The van der Waals surface area contributed by atoms with Gasteiger partial charge in [0.15, 0.2) is 5.13 Å². The molecule has 0 radical (unpaired) electrons. The van der Waals surface area contributed by atoms with Crippen LogP contribution in [-0.2, 0) is 5.41 Å². The van der Waals surface area contributed by atoms with Crippen molar-refractivity contribution < 1.29 is 4.39 Å². The Kier molecular flexibility index (Phi) is 1.82. The summed E-state index contributed by atoms with van der Waals surface area (Å²) in [5, 5.41) is -0.0927. The van der Waals surface area contributed by atoms with Gasteiger partial charge in [-0.3, -0.25) is 0 Å². The van der Waals surface area contributed by atoms with E-state index in [0.29, 0.717) is 0 Å². The number of hydrogen-bond acceptors (Lipinski definition) is 1. The molecular weight excluding hydrogens is 146 g/mol. The molecule has 2 heteroatoms. The zero-order valence-corrected chi connectivity index (χ0v) is 7.26. The van der Waals surface area contributed by atoms with E-state index >= 15 is 0 Å². The molecular formula is C8H11FS. The monoisotopic (exact) mass is 157 g/mol. The van der Waals surface area contributed by atoms with Crippen molar-refractivity contribution >= 4 is 11.3 Å². The highest BCUT2D eigenvalue weighted by atomic mass is 32.1. The molecule has 1 rings (SSSR count). The smallest absolute Gasteiger partial charge is 0.176 e. The van der Waals surface area contributed by atoms with Gasteiger partial charge < -0.3 is 0 Å². The molecule has 0 aliphatic carbocycles. The summed E-state index contributed by atoms with van der Waals surface area (Å²) >= 11 is 1.23. The van der Waals surface area contributed by atoms with Crippen LogP contribution in [0.4, 0.5) is 4.39 Å². The van der Waals surface area contributed by atoms with Crippen LogP contribution in [0.25, 0.3) is 0 Å². The van der Waals surface area contributed by atoms with Gasteiger partial charge in [-0.1, -0.05) is 20.8 Å². The van der Waals surface area contributed by atoms with Crippen LogP contribution >= 0.6 is 11.3 Å². The molecule has 0 N–H and O–H groups in total. The van der Waals surface area contributed by atoms with Crippen molar-refractivity contribution in [3.63, 3.8) is 0 Å². The maximum absolute atomic E-state index is 12.5. The molecule has 0 fully saturated rings. The van der Waals surface area contributed by atoms with Crippen molar-refractivity contribution in [2.45, 2.75) is 26.2 Å². The van der Waals surface area contributed by atoms with Gasteiger partial charge in [0.2, 0.25) is 0 Å². The van der Waals surface area contributed by atoms with Gasteiger partial charge in [-0.2, -0.15) is 4.39 Å². The number of halogens is 1. The van der Waals surface area contributed by atoms with Gasteiger partial charge in [0.05, 0.1) is 0 Å². The Morgan fingerprint density at radius 2 is 1.90 bits per heavy atom. The highest BCUT2D eigenvalue weighted by Crippen LogP contribution is 2.28. The van der Waals surface area contributed by atoms with Crippen molar-refractivity contribution in [2.24, 2.45) is 0 Å². The van der Waals surface area contributed by atoms with Gasteiger partial charge in [-0.05, 0) is 17.5 Å². The zero-order chi connectivity index (χ0) is 7.78. The molecule has 10 heavy (non-hydrogen) atoms. The van der Waals surface area contributed by atoms with Gasteiger partial charge in [0.1, 0.15) is 0 Å². The van der Waals surface area contributed by atoms with Gasteiger partial charge in [-0.25, -0.2) is 0 Å². The van der Waals surface area contributed by atoms with Crippen LogP contribution in [0.15, 0.2) is 12.1 Å². The van der Waals surface area contributed by atoms with Crippen molar-refractivity contribution in [1.82, 2.24) is 0 Å². The van der Waals surface area contributed by atoms with Crippen LogP contribution in [0.3, 0.4) is 0 Å². The van der Waals surface area contributed by atoms with Crippen LogP contribution in [0.5, 0.6) is 0 Å². The summed E-state index contributed by atoms with van der Waals surface area (Å²) in [6, 6.07) is 3.37. The summed E-state index contributed by atoms with van der Waals surface area (Å²) in [5.74, 6) is 0. The quantitative estimate of drug-likeness (QED) is 0.542. The lowest BCUT2D eigenvalue weighted by molar-refractivity contribution is 0.604. The Balaban J connectivity index is 2.96. The Bertz CT molecular complexity index is 219. The van der Waals surface area contributed by atoms with Gasteiger partial charge in [-0.15, -0.1) is 11.3 Å². The maximum atomic E-state index is 12.5. The molecule has 0 bridgehead atoms. The van der Waals surface area contributed by atoms with Crippen molar-refractivity contribution in [2.75, 3.05) is 0 Å². The molecule has 1 aromatic heterocycles. The fourth-order valence-electron chi connectivity index (χ4n) is 0.717. The molecule has 0 aliphatic rings. The average Bonchev–Trinajstić information content (AvgIpc) is 2.11. The molecule has 0 saturated carbocycles. The van der Waals surface area contributed by atoms with Crippen LogP contribution in [0.1, 0.15) is 25.6 Å². The zero-order valence-electron chi connectivity index (χ0n) is 6.44. The molecule has 0 amide bonds. The number of hydrogen-bond donors (Lipinski definition) is 0. The SMILES string of the molecule is CC(C)(C)c1ccc([18F])s1. The van der Waals surface area contributed by atoms with Crippen molar-refractivity contribution in [3.8, 4) is 0 Å². The first-order chi connectivity index (χ1) is 4.50. The molecule has 0 aromatic carbocycles. The molecule has 0 aliphatic heterocycles. The molecule has 0 nitrogen and oxygen atoms in total. The van der Waals surface area contributed by atoms with Crippen molar-refractivity contribution in [1.29, 1.82) is 0 Å². The van der Waals surface area contributed by atoms with Gasteiger partial charge in [0.25, 0.3) is 0 Å². The minimum absolute atomic E-state index is 0.0923. The average molecular weight is 157 g/mol. The molecule has 0 spiro atoms. The molecule has 0 unspecified atom stereocenters. The van der Waals surface area contributed by atoms with E-state index < -0.39 is 0 Å². The van der Waals surface area contributed by atoms with Gasteiger partial charge in [0, 0.05) is 4.88 Å². The van der Waals surface area contributed by atoms with E-state index in [2.05, 4.69) is 20.8 Å². The van der Waals surface area contributed by atoms with E-state index in [4.69, 9.17) is 0 Å². The van der Waals surface area contributed by atoms with Crippen LogP contribution in [-0.4, -0.2) is 0 Å². The third-order valence-corrected chi connectivity index (χ3v) is 2.61.